The summed E-state index contributed by atoms with van der Waals surface area (Å²) in [6.07, 6.45) is -0.566. The van der Waals surface area contributed by atoms with Crippen molar-refractivity contribution < 1.29 is 24.2 Å². The first-order chi connectivity index (χ1) is 19.1. The van der Waals surface area contributed by atoms with Crippen LogP contribution < -0.4 is 16.0 Å². The number of thioether (sulfide) groups is 1. The van der Waals surface area contributed by atoms with Crippen molar-refractivity contribution in [2.45, 2.75) is 102 Å². The third-order valence-corrected chi connectivity index (χ3v) is 7.46. The van der Waals surface area contributed by atoms with Crippen molar-refractivity contribution in [1.82, 2.24) is 16.0 Å². The quantitative estimate of drug-likeness (QED) is 0.250. The molecule has 4 N–H and O–H groups in total. The van der Waals surface area contributed by atoms with Gasteiger partial charge in [-0.2, -0.15) is 0 Å². The summed E-state index contributed by atoms with van der Waals surface area (Å²) in [5, 5.41) is 20.1. The maximum atomic E-state index is 13.5. The Bertz CT molecular complexity index is 1140. The Morgan fingerprint density at radius 2 is 1.54 bits per heavy atom. The molecule has 0 aliphatic rings. The van der Waals surface area contributed by atoms with E-state index in [-0.39, 0.29) is 29.0 Å². The van der Waals surface area contributed by atoms with Gasteiger partial charge in [0.25, 0.3) is 5.91 Å². The molecule has 0 radical (unpaired) electrons. The first-order valence-electron chi connectivity index (χ1n) is 14.2. The Balaban J connectivity index is 2.24. The van der Waals surface area contributed by atoms with Gasteiger partial charge in [0.15, 0.2) is 0 Å². The van der Waals surface area contributed by atoms with Gasteiger partial charge in [-0.25, -0.2) is 4.79 Å². The highest BCUT2D eigenvalue weighted by molar-refractivity contribution is 7.99. The molecule has 0 fully saturated rings. The lowest BCUT2D eigenvalue weighted by Gasteiger charge is -2.30. The van der Waals surface area contributed by atoms with Gasteiger partial charge in [-0.05, 0) is 71.6 Å². The van der Waals surface area contributed by atoms with Crippen molar-refractivity contribution in [1.29, 1.82) is 0 Å². The zero-order chi connectivity index (χ0) is 30.8. The number of carbonyl (C=O) groups is 3. The van der Waals surface area contributed by atoms with Crippen LogP contribution in [0.1, 0.15) is 77.7 Å². The molecule has 8 nitrogen and oxygen atoms in total. The molecule has 0 saturated carbocycles. The van der Waals surface area contributed by atoms with Crippen LogP contribution in [0.15, 0.2) is 59.5 Å². The molecule has 2 aromatic carbocycles. The van der Waals surface area contributed by atoms with Crippen molar-refractivity contribution >= 4 is 29.7 Å². The number of ether oxygens (including phenoxy) is 1. The highest BCUT2D eigenvalue weighted by Gasteiger charge is 2.32. The highest BCUT2D eigenvalue weighted by atomic mass is 32.2. The van der Waals surface area contributed by atoms with Crippen LogP contribution in [0, 0.1) is 5.92 Å². The fourth-order valence-corrected chi connectivity index (χ4v) is 5.11. The first-order valence-corrected chi connectivity index (χ1v) is 15.1. The summed E-state index contributed by atoms with van der Waals surface area (Å²) in [6.45, 7) is 14.9. The molecule has 4 atom stereocenters. The largest absolute Gasteiger partial charge is 0.444 e. The molecule has 0 heterocycles. The van der Waals surface area contributed by atoms with E-state index in [4.69, 9.17) is 4.74 Å². The van der Waals surface area contributed by atoms with Gasteiger partial charge in [-0.3, -0.25) is 9.59 Å². The fourth-order valence-electron chi connectivity index (χ4n) is 4.04. The number of amides is 3. The van der Waals surface area contributed by atoms with Crippen molar-refractivity contribution in [3.05, 3.63) is 65.7 Å². The second kappa shape index (κ2) is 15.3. The summed E-state index contributed by atoms with van der Waals surface area (Å²) >= 11 is 1.36. The number of hydrogen-bond acceptors (Lipinski definition) is 6. The molecule has 41 heavy (non-hydrogen) atoms. The van der Waals surface area contributed by atoms with E-state index < -0.39 is 29.9 Å². The number of aliphatic hydroxyl groups is 1. The predicted octanol–water partition coefficient (Wildman–Crippen LogP) is 5.33. The highest BCUT2D eigenvalue weighted by Crippen LogP contribution is 2.25. The topological polar surface area (TPSA) is 117 Å². The third kappa shape index (κ3) is 12.2. The van der Waals surface area contributed by atoms with Crippen LogP contribution in [0.2, 0.25) is 0 Å². The van der Waals surface area contributed by atoms with E-state index >= 15 is 0 Å². The maximum absolute atomic E-state index is 13.5. The van der Waals surface area contributed by atoms with E-state index in [1.165, 1.54) is 11.8 Å². The SMILES string of the molecule is CC[C@H](C)[C@@H](NC(=O)OC(C)(C)C)C(=O)N[C@@H](Cc1ccccc1)[C@H](O)CSc1ccccc1C(=O)NC(C)(C)C. The smallest absolute Gasteiger partial charge is 0.408 e. The lowest BCUT2D eigenvalue weighted by Crippen LogP contribution is -2.56. The Labute approximate surface area is 249 Å². The Morgan fingerprint density at radius 1 is 0.927 bits per heavy atom. The van der Waals surface area contributed by atoms with Crippen LogP contribution in [0.4, 0.5) is 4.79 Å². The molecular weight excluding hydrogens is 538 g/mol. The second-order valence-electron chi connectivity index (χ2n) is 12.4. The molecule has 0 spiro atoms. The van der Waals surface area contributed by atoms with E-state index in [2.05, 4.69) is 16.0 Å². The van der Waals surface area contributed by atoms with Gasteiger partial charge in [-0.1, -0.05) is 62.7 Å². The minimum absolute atomic E-state index is 0.167. The van der Waals surface area contributed by atoms with Gasteiger partial charge in [-0.15, -0.1) is 11.8 Å². The van der Waals surface area contributed by atoms with Crippen LogP contribution >= 0.6 is 11.8 Å². The van der Waals surface area contributed by atoms with Gasteiger partial charge in [0.1, 0.15) is 11.6 Å². The summed E-state index contributed by atoms with van der Waals surface area (Å²) in [6, 6.07) is 15.4. The number of rotatable bonds is 12. The lowest BCUT2D eigenvalue weighted by molar-refractivity contribution is -0.125. The predicted molar refractivity (Wildman–Crippen MR) is 165 cm³/mol. The van der Waals surface area contributed by atoms with Gasteiger partial charge in [0, 0.05) is 16.2 Å². The average molecular weight is 586 g/mol. The molecule has 0 saturated heterocycles. The molecule has 3 amide bonds. The van der Waals surface area contributed by atoms with Crippen LogP contribution in [0.5, 0.6) is 0 Å². The van der Waals surface area contributed by atoms with Crippen LogP contribution in [0.3, 0.4) is 0 Å². The van der Waals surface area contributed by atoms with E-state index in [1.807, 2.05) is 83.1 Å². The molecule has 0 aliphatic carbocycles. The molecule has 0 bridgehead atoms. The molecule has 2 aromatic rings. The standard InChI is InChI=1S/C32H47N3O5S/c1-9-21(2)27(34-30(39)40-32(6,7)8)29(38)33-24(19-22-15-11-10-12-16-22)25(36)20-41-26-18-14-13-17-23(26)28(37)35-31(3,4)5/h10-18,21,24-25,27,36H,9,19-20H2,1-8H3,(H,33,38)(H,34,39)(H,35,37)/t21-,24-,25+,27+/m0/s1. The normalized spacial score (nSPS) is 14.8. The number of aliphatic hydroxyl groups excluding tert-OH is 1. The Kier molecular flexibility index (Phi) is 12.7. The summed E-state index contributed by atoms with van der Waals surface area (Å²) in [5.74, 6) is -0.501. The van der Waals surface area contributed by atoms with Crippen molar-refractivity contribution in [3.63, 3.8) is 0 Å². The molecule has 0 aromatic heterocycles. The molecule has 2 rings (SSSR count). The third-order valence-electron chi connectivity index (χ3n) is 6.29. The van der Waals surface area contributed by atoms with Crippen LogP contribution in [0.25, 0.3) is 0 Å². The van der Waals surface area contributed by atoms with Crippen LogP contribution in [-0.4, -0.2) is 58.1 Å². The minimum Gasteiger partial charge on any atom is -0.444 e. The van der Waals surface area contributed by atoms with E-state index in [9.17, 15) is 19.5 Å². The van der Waals surface area contributed by atoms with Gasteiger partial charge in [0.05, 0.1) is 17.7 Å². The van der Waals surface area contributed by atoms with E-state index in [0.717, 1.165) is 10.5 Å². The number of nitrogens with one attached hydrogen (secondary N) is 3. The van der Waals surface area contributed by atoms with Crippen LogP contribution in [-0.2, 0) is 16.0 Å². The van der Waals surface area contributed by atoms with E-state index in [0.29, 0.717) is 18.4 Å². The molecule has 226 valence electrons. The van der Waals surface area contributed by atoms with Crippen molar-refractivity contribution in [3.8, 4) is 0 Å². The Morgan fingerprint density at radius 3 is 2.12 bits per heavy atom. The fraction of sp³-hybridized carbons (Fsp3) is 0.531. The zero-order valence-electron chi connectivity index (χ0n) is 25.6. The zero-order valence-corrected chi connectivity index (χ0v) is 26.4. The summed E-state index contributed by atoms with van der Waals surface area (Å²) < 4.78 is 5.39. The van der Waals surface area contributed by atoms with Crippen molar-refractivity contribution in [2.75, 3.05) is 5.75 Å². The number of hydrogen-bond donors (Lipinski definition) is 4. The van der Waals surface area contributed by atoms with Gasteiger partial charge in [0.2, 0.25) is 5.91 Å². The minimum atomic E-state index is -0.943. The van der Waals surface area contributed by atoms with Gasteiger partial charge < -0.3 is 25.8 Å². The Hall–Kier alpha value is -3.04. The summed E-state index contributed by atoms with van der Waals surface area (Å²) in [5.41, 5.74) is 0.386. The first kappa shape index (κ1) is 34.2. The average Bonchev–Trinajstić information content (AvgIpc) is 2.88. The number of alkyl carbamates (subject to hydrolysis) is 1. The van der Waals surface area contributed by atoms with Gasteiger partial charge >= 0.3 is 6.09 Å². The molecule has 9 heteroatoms. The number of carbonyl (C=O) groups excluding carboxylic acids is 3. The summed E-state index contributed by atoms with van der Waals surface area (Å²) in [4.78, 5) is 39.7. The second-order valence-corrected chi connectivity index (χ2v) is 13.5. The summed E-state index contributed by atoms with van der Waals surface area (Å²) in [7, 11) is 0. The lowest BCUT2D eigenvalue weighted by atomic mass is 9.96. The molecular formula is C32H47N3O5S. The monoisotopic (exact) mass is 585 g/mol. The van der Waals surface area contributed by atoms with E-state index in [1.54, 1.807) is 26.8 Å². The molecule has 0 aliphatic heterocycles. The number of benzene rings is 2. The maximum Gasteiger partial charge on any atom is 0.408 e. The van der Waals surface area contributed by atoms with Crippen molar-refractivity contribution in [2.24, 2.45) is 5.92 Å². The molecule has 0 unspecified atom stereocenters.